The van der Waals surface area contributed by atoms with Crippen molar-refractivity contribution < 1.29 is 23.8 Å². The molecular weight excluding hydrogens is 334 g/mol. The summed E-state index contributed by atoms with van der Waals surface area (Å²) in [6.07, 6.45) is 0.616. The number of amides is 1. The molecule has 1 amide bonds. The summed E-state index contributed by atoms with van der Waals surface area (Å²) < 4.78 is 16.3. The zero-order valence-corrected chi connectivity index (χ0v) is 16.2. The standard InChI is InChI=1S/C20H29NO5/c1-19(2)11-15(12-20(3,4)26-19)16(21-18(23)24-5)17(22)25-13-14-9-7-6-8-10-14/h6-10,15-16H,11-13H2,1-5H3,(H,21,23)/t16-/m0/s1. The number of carbonyl (C=O) groups excluding carboxylic acids is 2. The summed E-state index contributed by atoms with van der Waals surface area (Å²) in [5.41, 5.74) is 0.0926. The van der Waals surface area contributed by atoms with Gasteiger partial charge in [0.05, 0.1) is 18.3 Å². The van der Waals surface area contributed by atoms with Gasteiger partial charge in [-0.2, -0.15) is 0 Å². The Labute approximate surface area is 155 Å². The Hall–Kier alpha value is -2.08. The van der Waals surface area contributed by atoms with Gasteiger partial charge in [-0.3, -0.25) is 0 Å². The van der Waals surface area contributed by atoms with Crippen LogP contribution in [-0.2, 0) is 25.6 Å². The molecule has 144 valence electrons. The van der Waals surface area contributed by atoms with Gasteiger partial charge in [0.1, 0.15) is 12.6 Å². The minimum absolute atomic E-state index is 0.115. The minimum atomic E-state index is -0.784. The fraction of sp³-hybridized carbons (Fsp3) is 0.600. The molecule has 1 fully saturated rings. The van der Waals surface area contributed by atoms with Crippen molar-refractivity contribution in [1.82, 2.24) is 5.32 Å². The molecule has 1 aliphatic heterocycles. The molecule has 0 bridgehead atoms. The summed E-state index contributed by atoms with van der Waals surface area (Å²) in [7, 11) is 1.28. The third-order valence-electron chi connectivity index (χ3n) is 4.47. The number of methoxy groups -OCH3 is 1. The molecule has 0 radical (unpaired) electrons. The smallest absolute Gasteiger partial charge is 0.407 e. The Balaban J connectivity index is 2.14. The first-order valence-corrected chi connectivity index (χ1v) is 8.87. The van der Waals surface area contributed by atoms with Crippen LogP contribution in [0.4, 0.5) is 4.79 Å². The van der Waals surface area contributed by atoms with Gasteiger partial charge >= 0.3 is 12.1 Å². The largest absolute Gasteiger partial charge is 0.459 e. The lowest BCUT2D eigenvalue weighted by Crippen LogP contribution is -2.54. The van der Waals surface area contributed by atoms with Crippen LogP contribution in [0, 0.1) is 5.92 Å². The quantitative estimate of drug-likeness (QED) is 0.811. The second-order valence-electron chi connectivity index (χ2n) is 8.00. The first-order chi connectivity index (χ1) is 12.1. The molecule has 0 spiro atoms. The van der Waals surface area contributed by atoms with Gasteiger partial charge in [-0.05, 0) is 52.0 Å². The number of ether oxygens (including phenoxy) is 3. The number of hydrogen-bond donors (Lipinski definition) is 1. The Morgan fingerprint density at radius 3 is 2.27 bits per heavy atom. The number of alkyl carbamates (subject to hydrolysis) is 1. The molecule has 1 aliphatic rings. The molecule has 2 rings (SSSR count). The normalized spacial score (nSPS) is 20.0. The SMILES string of the molecule is COC(=O)N[C@H](C(=O)OCc1ccccc1)C1CC(C)(C)OC(C)(C)C1. The predicted molar refractivity (Wildman–Crippen MR) is 97.5 cm³/mol. The zero-order chi connectivity index (χ0) is 19.4. The monoisotopic (exact) mass is 363 g/mol. The van der Waals surface area contributed by atoms with Crippen molar-refractivity contribution in [3.05, 3.63) is 35.9 Å². The fourth-order valence-electron chi connectivity index (χ4n) is 3.78. The Morgan fingerprint density at radius 1 is 1.15 bits per heavy atom. The lowest BCUT2D eigenvalue weighted by atomic mass is 9.77. The molecule has 1 aromatic rings. The number of nitrogens with one attached hydrogen (secondary N) is 1. The highest BCUT2D eigenvalue weighted by Gasteiger charge is 2.45. The van der Waals surface area contributed by atoms with Crippen LogP contribution in [0.3, 0.4) is 0 Å². The van der Waals surface area contributed by atoms with E-state index in [9.17, 15) is 9.59 Å². The molecule has 1 saturated heterocycles. The van der Waals surface area contributed by atoms with Crippen molar-refractivity contribution in [2.75, 3.05) is 7.11 Å². The number of carbonyl (C=O) groups is 2. The van der Waals surface area contributed by atoms with E-state index in [0.29, 0.717) is 12.8 Å². The summed E-state index contributed by atoms with van der Waals surface area (Å²) in [5.74, 6) is -0.575. The second-order valence-corrected chi connectivity index (χ2v) is 8.00. The third-order valence-corrected chi connectivity index (χ3v) is 4.47. The Kier molecular flexibility index (Phi) is 6.29. The van der Waals surface area contributed by atoms with Crippen molar-refractivity contribution in [3.8, 4) is 0 Å². The summed E-state index contributed by atoms with van der Waals surface area (Å²) >= 11 is 0. The van der Waals surface area contributed by atoms with E-state index in [1.165, 1.54) is 7.11 Å². The first kappa shape index (κ1) is 20.2. The van der Waals surface area contributed by atoms with E-state index in [0.717, 1.165) is 5.56 Å². The van der Waals surface area contributed by atoms with Gasteiger partial charge in [-0.25, -0.2) is 9.59 Å². The summed E-state index contributed by atoms with van der Waals surface area (Å²) in [4.78, 5) is 24.5. The first-order valence-electron chi connectivity index (χ1n) is 8.87. The molecule has 0 aliphatic carbocycles. The van der Waals surface area contributed by atoms with E-state index < -0.39 is 29.3 Å². The van der Waals surface area contributed by atoms with Crippen LogP contribution in [-0.4, -0.2) is 36.4 Å². The molecule has 1 N–H and O–H groups in total. The van der Waals surface area contributed by atoms with Crippen LogP contribution in [0.2, 0.25) is 0 Å². The highest BCUT2D eigenvalue weighted by Crippen LogP contribution is 2.40. The Bertz CT molecular complexity index is 610. The van der Waals surface area contributed by atoms with E-state index in [2.05, 4.69) is 5.32 Å². The summed E-state index contributed by atoms with van der Waals surface area (Å²) in [6, 6.07) is 8.66. The van der Waals surface area contributed by atoms with E-state index in [1.54, 1.807) is 0 Å². The molecule has 1 heterocycles. The van der Waals surface area contributed by atoms with Crippen molar-refractivity contribution in [2.24, 2.45) is 5.92 Å². The molecular formula is C20H29NO5. The molecule has 1 atom stereocenters. The van der Waals surface area contributed by atoms with Gasteiger partial charge in [0.25, 0.3) is 0 Å². The maximum absolute atomic E-state index is 12.8. The molecule has 1 aromatic carbocycles. The molecule has 6 nitrogen and oxygen atoms in total. The number of benzene rings is 1. The van der Waals surface area contributed by atoms with Crippen molar-refractivity contribution in [3.63, 3.8) is 0 Å². The molecule has 0 saturated carbocycles. The highest BCUT2D eigenvalue weighted by molar-refractivity contribution is 5.81. The second kappa shape index (κ2) is 8.08. The molecule has 6 heteroatoms. The van der Waals surface area contributed by atoms with Crippen molar-refractivity contribution >= 4 is 12.1 Å². The topological polar surface area (TPSA) is 73.9 Å². The van der Waals surface area contributed by atoms with Crippen LogP contribution in [0.25, 0.3) is 0 Å². The van der Waals surface area contributed by atoms with Crippen LogP contribution in [0.1, 0.15) is 46.1 Å². The van der Waals surface area contributed by atoms with E-state index in [4.69, 9.17) is 14.2 Å². The predicted octanol–water partition coefficient (Wildman–Crippen LogP) is 3.44. The Morgan fingerprint density at radius 2 is 1.73 bits per heavy atom. The van der Waals surface area contributed by atoms with Crippen molar-refractivity contribution in [1.29, 1.82) is 0 Å². The minimum Gasteiger partial charge on any atom is -0.459 e. The lowest BCUT2D eigenvalue weighted by molar-refractivity contribution is -0.181. The van der Waals surface area contributed by atoms with Crippen LogP contribution < -0.4 is 5.32 Å². The maximum Gasteiger partial charge on any atom is 0.407 e. The van der Waals surface area contributed by atoms with E-state index in [1.807, 2.05) is 58.0 Å². The summed E-state index contributed by atoms with van der Waals surface area (Å²) in [5, 5.41) is 2.66. The average Bonchev–Trinajstić information content (AvgIpc) is 2.55. The van der Waals surface area contributed by atoms with Crippen LogP contribution >= 0.6 is 0 Å². The fourth-order valence-corrected chi connectivity index (χ4v) is 3.78. The number of hydrogen-bond acceptors (Lipinski definition) is 5. The van der Waals surface area contributed by atoms with Gasteiger partial charge in [0.15, 0.2) is 0 Å². The number of esters is 1. The lowest BCUT2D eigenvalue weighted by Gasteiger charge is -2.46. The maximum atomic E-state index is 12.8. The number of rotatable bonds is 5. The molecule has 0 aromatic heterocycles. The molecule has 0 unspecified atom stereocenters. The van der Waals surface area contributed by atoms with Gasteiger partial charge in [0.2, 0.25) is 0 Å². The van der Waals surface area contributed by atoms with Gasteiger partial charge in [-0.15, -0.1) is 0 Å². The van der Waals surface area contributed by atoms with Gasteiger partial charge in [0, 0.05) is 0 Å². The van der Waals surface area contributed by atoms with Crippen molar-refractivity contribution in [2.45, 2.75) is 64.4 Å². The summed E-state index contributed by atoms with van der Waals surface area (Å²) in [6.45, 7) is 8.13. The van der Waals surface area contributed by atoms with Crippen LogP contribution in [0.15, 0.2) is 30.3 Å². The average molecular weight is 363 g/mol. The third kappa shape index (κ3) is 5.73. The van der Waals surface area contributed by atoms with Gasteiger partial charge < -0.3 is 19.5 Å². The van der Waals surface area contributed by atoms with Gasteiger partial charge in [-0.1, -0.05) is 30.3 Å². The highest BCUT2D eigenvalue weighted by atomic mass is 16.5. The zero-order valence-electron chi connectivity index (χ0n) is 16.2. The van der Waals surface area contributed by atoms with E-state index >= 15 is 0 Å². The van der Waals surface area contributed by atoms with Crippen LogP contribution in [0.5, 0.6) is 0 Å². The van der Waals surface area contributed by atoms with E-state index in [-0.39, 0.29) is 12.5 Å². The molecule has 26 heavy (non-hydrogen) atoms.